The molecular formula is C27H27NO4S. The number of carbonyl (C=O) groups is 2. The van der Waals surface area contributed by atoms with Crippen molar-refractivity contribution in [3.05, 3.63) is 86.6 Å². The molecule has 3 aromatic rings. The molecule has 33 heavy (non-hydrogen) atoms. The Morgan fingerprint density at radius 3 is 2.33 bits per heavy atom. The summed E-state index contributed by atoms with van der Waals surface area (Å²) in [6, 6.07) is 14.1. The zero-order valence-corrected chi connectivity index (χ0v) is 20.2. The van der Waals surface area contributed by atoms with Gasteiger partial charge in [0.05, 0.1) is 12.7 Å². The number of Topliss-reactive ketones (excluding diaryl/α,β-unsaturated/α-hetero) is 1. The van der Waals surface area contributed by atoms with Gasteiger partial charge in [-0.1, -0.05) is 31.5 Å². The van der Waals surface area contributed by atoms with Crippen molar-refractivity contribution in [3.63, 3.8) is 0 Å². The molecule has 1 aromatic heterocycles. The summed E-state index contributed by atoms with van der Waals surface area (Å²) >= 11 is 1.47. The third-order valence-corrected chi connectivity index (χ3v) is 7.10. The summed E-state index contributed by atoms with van der Waals surface area (Å²) in [4.78, 5) is 28.9. The number of thiophene rings is 1. The molecule has 1 fully saturated rings. The number of ketones is 1. The molecule has 0 saturated carbocycles. The van der Waals surface area contributed by atoms with E-state index in [-0.39, 0.29) is 17.3 Å². The maximum Gasteiger partial charge on any atom is 0.300 e. The number of aliphatic hydroxyl groups excluding tert-OH is 1. The van der Waals surface area contributed by atoms with Crippen molar-refractivity contribution in [3.8, 4) is 5.75 Å². The summed E-state index contributed by atoms with van der Waals surface area (Å²) in [5.74, 6) is -0.640. The molecule has 1 saturated heterocycles. The van der Waals surface area contributed by atoms with Gasteiger partial charge in [0.25, 0.3) is 11.7 Å². The third-order valence-electron chi connectivity index (χ3n) is 6.03. The van der Waals surface area contributed by atoms with Crippen molar-refractivity contribution >= 4 is 34.5 Å². The fourth-order valence-electron chi connectivity index (χ4n) is 4.21. The predicted molar refractivity (Wildman–Crippen MR) is 132 cm³/mol. The Morgan fingerprint density at radius 2 is 1.76 bits per heavy atom. The van der Waals surface area contributed by atoms with Crippen LogP contribution in [0.4, 0.5) is 5.69 Å². The second-order valence-electron chi connectivity index (χ2n) is 8.58. The molecule has 0 bridgehead atoms. The molecule has 1 aliphatic rings. The summed E-state index contributed by atoms with van der Waals surface area (Å²) in [7, 11) is 1.60. The number of hydrogen-bond acceptors (Lipinski definition) is 5. The number of carbonyl (C=O) groups excluding carboxylic acids is 2. The van der Waals surface area contributed by atoms with Crippen LogP contribution in [0.5, 0.6) is 5.75 Å². The van der Waals surface area contributed by atoms with E-state index < -0.39 is 17.7 Å². The number of anilines is 1. The lowest BCUT2D eigenvalue weighted by atomic mass is 9.94. The average Bonchev–Trinajstić information content (AvgIpc) is 3.33. The second kappa shape index (κ2) is 8.87. The van der Waals surface area contributed by atoms with E-state index in [1.165, 1.54) is 16.2 Å². The Morgan fingerprint density at radius 1 is 1.06 bits per heavy atom. The molecule has 1 atom stereocenters. The topological polar surface area (TPSA) is 66.8 Å². The van der Waals surface area contributed by atoms with Crippen LogP contribution in [-0.4, -0.2) is 23.9 Å². The molecule has 4 rings (SSSR count). The zero-order valence-electron chi connectivity index (χ0n) is 19.4. The van der Waals surface area contributed by atoms with Crippen LogP contribution in [0.2, 0.25) is 0 Å². The first kappa shape index (κ1) is 22.8. The number of aliphatic hydroxyl groups is 1. The van der Waals surface area contributed by atoms with Crippen molar-refractivity contribution in [2.24, 2.45) is 0 Å². The number of ether oxygens (including phenoxy) is 1. The molecule has 5 nitrogen and oxygen atoms in total. The lowest BCUT2D eigenvalue weighted by molar-refractivity contribution is -0.132. The number of rotatable bonds is 5. The second-order valence-corrected chi connectivity index (χ2v) is 9.53. The van der Waals surface area contributed by atoms with Gasteiger partial charge < -0.3 is 9.84 Å². The number of nitrogens with zero attached hydrogens (tertiary/aromatic N) is 1. The van der Waals surface area contributed by atoms with Gasteiger partial charge >= 0.3 is 0 Å². The Labute approximate surface area is 197 Å². The third kappa shape index (κ3) is 3.95. The molecule has 2 aromatic carbocycles. The number of benzene rings is 2. The fraction of sp³-hybridized carbons (Fsp3) is 0.259. The van der Waals surface area contributed by atoms with Gasteiger partial charge in [-0.25, -0.2) is 0 Å². The number of methoxy groups -OCH3 is 1. The van der Waals surface area contributed by atoms with Crippen LogP contribution in [0.15, 0.2) is 59.5 Å². The van der Waals surface area contributed by atoms with Crippen molar-refractivity contribution in [1.29, 1.82) is 0 Å². The molecule has 1 unspecified atom stereocenters. The standard InChI is InChI=1S/C27H27NO4S/c1-15(2)20-14-18(8-11-21(20)32-5)24(29)22-23(26-17(4)12-13-33-26)28(27(31)25(22)30)19-9-6-16(3)7-10-19/h6-15,23,29H,1-5H3/b24-22-. The molecule has 1 aliphatic heterocycles. The smallest absolute Gasteiger partial charge is 0.300 e. The molecule has 2 heterocycles. The van der Waals surface area contributed by atoms with E-state index in [1.54, 1.807) is 19.2 Å². The van der Waals surface area contributed by atoms with Gasteiger partial charge in [-0.3, -0.25) is 14.5 Å². The predicted octanol–water partition coefficient (Wildman–Crippen LogP) is 6.12. The first-order chi connectivity index (χ1) is 15.7. The molecule has 0 aliphatic carbocycles. The van der Waals surface area contributed by atoms with E-state index >= 15 is 0 Å². The Kier molecular flexibility index (Phi) is 6.13. The Balaban J connectivity index is 1.94. The van der Waals surface area contributed by atoms with Crippen LogP contribution in [0, 0.1) is 13.8 Å². The monoisotopic (exact) mass is 461 g/mol. The lowest BCUT2D eigenvalue weighted by Crippen LogP contribution is -2.29. The SMILES string of the molecule is COc1ccc(/C(O)=C2/C(=O)C(=O)N(c3ccc(C)cc3)C2c2sccc2C)cc1C(C)C. The molecule has 0 radical (unpaired) electrons. The molecule has 6 heteroatoms. The van der Waals surface area contributed by atoms with E-state index in [0.717, 1.165) is 21.6 Å². The van der Waals surface area contributed by atoms with E-state index in [1.807, 2.05) is 69.5 Å². The van der Waals surface area contributed by atoms with Gasteiger partial charge in [0.15, 0.2) is 0 Å². The van der Waals surface area contributed by atoms with E-state index in [2.05, 4.69) is 0 Å². The summed E-state index contributed by atoms with van der Waals surface area (Å²) in [6.45, 7) is 7.99. The summed E-state index contributed by atoms with van der Waals surface area (Å²) < 4.78 is 5.46. The van der Waals surface area contributed by atoms with Crippen LogP contribution in [0.1, 0.15) is 52.9 Å². The highest BCUT2D eigenvalue weighted by molar-refractivity contribution is 7.10. The van der Waals surface area contributed by atoms with Crippen LogP contribution in [0.3, 0.4) is 0 Å². The van der Waals surface area contributed by atoms with Crippen molar-refractivity contribution in [1.82, 2.24) is 0 Å². The lowest BCUT2D eigenvalue weighted by Gasteiger charge is -2.25. The minimum atomic E-state index is -0.697. The van der Waals surface area contributed by atoms with Gasteiger partial charge in [0.2, 0.25) is 0 Å². The summed E-state index contributed by atoms with van der Waals surface area (Å²) in [5.41, 5.74) is 4.15. The highest BCUT2D eigenvalue weighted by Crippen LogP contribution is 2.45. The minimum Gasteiger partial charge on any atom is -0.507 e. The van der Waals surface area contributed by atoms with Gasteiger partial charge in [0.1, 0.15) is 17.6 Å². The first-order valence-corrected chi connectivity index (χ1v) is 11.7. The van der Waals surface area contributed by atoms with Crippen LogP contribution in [-0.2, 0) is 9.59 Å². The van der Waals surface area contributed by atoms with Gasteiger partial charge in [-0.2, -0.15) is 0 Å². The highest BCUT2D eigenvalue weighted by atomic mass is 32.1. The fourth-order valence-corrected chi connectivity index (χ4v) is 5.23. The maximum atomic E-state index is 13.3. The van der Waals surface area contributed by atoms with Crippen LogP contribution < -0.4 is 9.64 Å². The largest absolute Gasteiger partial charge is 0.507 e. The molecule has 1 N–H and O–H groups in total. The molecule has 1 amide bonds. The maximum absolute atomic E-state index is 13.3. The number of hydrogen-bond donors (Lipinski definition) is 1. The van der Waals surface area contributed by atoms with Crippen LogP contribution >= 0.6 is 11.3 Å². The van der Waals surface area contributed by atoms with Crippen molar-refractivity contribution in [2.45, 2.75) is 39.7 Å². The van der Waals surface area contributed by atoms with E-state index in [4.69, 9.17) is 4.74 Å². The van der Waals surface area contributed by atoms with Crippen molar-refractivity contribution < 1.29 is 19.4 Å². The Hall–Kier alpha value is -3.38. The summed E-state index contributed by atoms with van der Waals surface area (Å²) in [6.07, 6.45) is 0. The minimum absolute atomic E-state index is 0.103. The molecular weight excluding hydrogens is 434 g/mol. The Bertz CT molecular complexity index is 1250. The van der Waals surface area contributed by atoms with Gasteiger partial charge in [-0.05, 0) is 72.7 Å². The van der Waals surface area contributed by atoms with Crippen LogP contribution in [0.25, 0.3) is 5.76 Å². The van der Waals surface area contributed by atoms with E-state index in [0.29, 0.717) is 17.0 Å². The number of aryl methyl sites for hydroxylation is 2. The zero-order chi connectivity index (χ0) is 23.9. The quantitative estimate of drug-likeness (QED) is 0.282. The molecule has 170 valence electrons. The van der Waals surface area contributed by atoms with Gasteiger partial charge in [-0.15, -0.1) is 11.3 Å². The van der Waals surface area contributed by atoms with Gasteiger partial charge in [0, 0.05) is 16.1 Å². The van der Waals surface area contributed by atoms with Crippen molar-refractivity contribution in [2.75, 3.05) is 12.0 Å². The van der Waals surface area contributed by atoms with E-state index in [9.17, 15) is 14.7 Å². The first-order valence-electron chi connectivity index (χ1n) is 10.8. The average molecular weight is 462 g/mol. The summed E-state index contributed by atoms with van der Waals surface area (Å²) in [5, 5.41) is 13.3. The highest BCUT2D eigenvalue weighted by Gasteiger charge is 2.47. The molecule has 0 spiro atoms. The number of amides is 1. The normalized spacial score (nSPS) is 17.8.